The summed E-state index contributed by atoms with van der Waals surface area (Å²) >= 11 is 0. The molecule has 23 heavy (non-hydrogen) atoms. The zero-order valence-electron chi connectivity index (χ0n) is 12.8. The van der Waals surface area contributed by atoms with E-state index in [2.05, 4.69) is 10.1 Å². The lowest BCUT2D eigenvalue weighted by atomic mass is 9.98. The molecule has 0 aliphatic rings. The number of halogens is 3. The summed E-state index contributed by atoms with van der Waals surface area (Å²) in [7, 11) is 0. The number of rotatable bonds is 5. The smallest absolute Gasteiger partial charge is 0.398 e. The maximum absolute atomic E-state index is 12.5. The van der Waals surface area contributed by atoms with Crippen molar-refractivity contribution in [2.75, 3.05) is 5.73 Å². The fraction of sp³-hybridized carbons (Fsp3) is 0.467. The number of nitrogen functional groups attached to an aromatic ring is 1. The summed E-state index contributed by atoms with van der Waals surface area (Å²) in [4.78, 5) is 4.14. The molecule has 1 aromatic heterocycles. The Bertz CT molecular complexity index is 681. The zero-order chi connectivity index (χ0) is 17.3. The van der Waals surface area contributed by atoms with Crippen LogP contribution in [0.1, 0.15) is 31.2 Å². The van der Waals surface area contributed by atoms with Crippen LogP contribution in [-0.4, -0.2) is 27.0 Å². The third kappa shape index (κ3) is 4.01. The highest BCUT2D eigenvalue weighted by Crippen LogP contribution is 2.33. The summed E-state index contributed by atoms with van der Waals surface area (Å²) in [6.07, 6.45) is -4.87. The van der Waals surface area contributed by atoms with Crippen molar-refractivity contribution >= 4 is 5.69 Å². The van der Waals surface area contributed by atoms with E-state index in [4.69, 9.17) is 10.3 Å². The highest BCUT2D eigenvalue weighted by atomic mass is 19.4. The minimum Gasteiger partial charge on any atom is -0.398 e. The predicted octanol–water partition coefficient (Wildman–Crippen LogP) is 3.26. The van der Waals surface area contributed by atoms with E-state index in [0.717, 1.165) is 12.5 Å². The third-order valence-corrected chi connectivity index (χ3v) is 3.67. The van der Waals surface area contributed by atoms with Crippen LogP contribution in [0.5, 0.6) is 0 Å². The third-order valence-electron chi connectivity index (χ3n) is 3.67. The molecule has 0 spiro atoms. The lowest BCUT2D eigenvalue weighted by Crippen LogP contribution is -2.42. The highest BCUT2D eigenvalue weighted by Gasteiger charge is 2.49. The first kappa shape index (κ1) is 17.3. The van der Waals surface area contributed by atoms with Gasteiger partial charge in [-0.25, -0.2) is 0 Å². The van der Waals surface area contributed by atoms with Crippen LogP contribution in [0, 0.1) is 6.92 Å². The van der Waals surface area contributed by atoms with Crippen LogP contribution in [0.15, 0.2) is 22.7 Å². The predicted molar refractivity (Wildman–Crippen MR) is 78.5 cm³/mol. The van der Waals surface area contributed by atoms with E-state index < -0.39 is 18.2 Å². The molecular weight excluding hydrogens is 311 g/mol. The number of hydrogen-bond donors (Lipinski definition) is 2. The molecule has 126 valence electrons. The van der Waals surface area contributed by atoms with Gasteiger partial charge in [0.05, 0.1) is 0 Å². The van der Waals surface area contributed by atoms with Crippen molar-refractivity contribution in [2.45, 2.75) is 44.9 Å². The second-order valence-electron chi connectivity index (χ2n) is 5.71. The Morgan fingerprint density at radius 2 is 2.00 bits per heavy atom. The van der Waals surface area contributed by atoms with Crippen molar-refractivity contribution < 1.29 is 22.8 Å². The van der Waals surface area contributed by atoms with Crippen molar-refractivity contribution in [3.63, 3.8) is 0 Å². The molecule has 5 nitrogen and oxygen atoms in total. The fourth-order valence-electron chi connectivity index (χ4n) is 1.98. The molecule has 3 N–H and O–H groups in total. The van der Waals surface area contributed by atoms with Crippen molar-refractivity contribution in [3.05, 3.63) is 29.7 Å². The van der Waals surface area contributed by atoms with Crippen molar-refractivity contribution in [3.8, 4) is 11.4 Å². The van der Waals surface area contributed by atoms with Gasteiger partial charge in [-0.1, -0.05) is 17.3 Å². The Morgan fingerprint density at radius 1 is 1.30 bits per heavy atom. The Kier molecular flexibility index (Phi) is 4.65. The Morgan fingerprint density at radius 3 is 2.61 bits per heavy atom. The van der Waals surface area contributed by atoms with Crippen LogP contribution >= 0.6 is 0 Å². The molecule has 2 rings (SSSR count). The summed E-state index contributed by atoms with van der Waals surface area (Å²) in [5.41, 5.74) is 5.28. The lowest BCUT2D eigenvalue weighted by molar-refractivity contribution is -0.255. The lowest BCUT2D eigenvalue weighted by Gasteiger charge is -2.25. The van der Waals surface area contributed by atoms with Gasteiger partial charge in [0.15, 0.2) is 5.60 Å². The number of alkyl halides is 3. The van der Waals surface area contributed by atoms with Gasteiger partial charge < -0.3 is 15.4 Å². The van der Waals surface area contributed by atoms with Crippen LogP contribution in [0.3, 0.4) is 0 Å². The normalized spacial score (nSPS) is 14.7. The van der Waals surface area contributed by atoms with Crippen LogP contribution in [0.25, 0.3) is 11.4 Å². The highest BCUT2D eigenvalue weighted by molar-refractivity contribution is 5.63. The first-order valence-electron chi connectivity index (χ1n) is 7.08. The molecular formula is C15H18F3N3O2. The monoisotopic (exact) mass is 329 g/mol. The number of hydrogen-bond acceptors (Lipinski definition) is 5. The number of nitrogens with two attached hydrogens (primary N) is 1. The van der Waals surface area contributed by atoms with Crippen LogP contribution < -0.4 is 5.73 Å². The minimum atomic E-state index is -4.66. The molecule has 0 fully saturated rings. The van der Waals surface area contributed by atoms with Gasteiger partial charge in [0, 0.05) is 17.7 Å². The van der Waals surface area contributed by atoms with Gasteiger partial charge >= 0.3 is 6.18 Å². The molecule has 1 aromatic carbocycles. The van der Waals surface area contributed by atoms with Crippen molar-refractivity contribution in [2.24, 2.45) is 0 Å². The SMILES string of the molecule is Cc1ccc(-c2noc(CCC[C@@](C)(O)C(F)(F)F)n2)cc1N. The molecule has 2 aromatic rings. The molecule has 0 amide bonds. The number of benzene rings is 1. The van der Waals surface area contributed by atoms with Crippen LogP contribution in [0.4, 0.5) is 18.9 Å². The molecule has 1 atom stereocenters. The summed E-state index contributed by atoms with van der Waals surface area (Å²) in [6.45, 7) is 2.62. The molecule has 8 heteroatoms. The quantitative estimate of drug-likeness (QED) is 0.822. The molecule has 0 aliphatic heterocycles. The fourth-order valence-corrected chi connectivity index (χ4v) is 1.98. The number of nitrogens with zero attached hydrogens (tertiary/aromatic N) is 2. The Hall–Kier alpha value is -2.09. The number of aromatic nitrogens is 2. The maximum Gasteiger partial charge on any atom is 0.416 e. The number of aliphatic hydroxyl groups is 1. The molecule has 0 bridgehead atoms. The molecule has 1 heterocycles. The van der Waals surface area contributed by atoms with E-state index in [1.807, 2.05) is 13.0 Å². The molecule has 0 saturated heterocycles. The van der Waals surface area contributed by atoms with E-state index in [0.29, 0.717) is 17.1 Å². The van der Waals surface area contributed by atoms with Gasteiger partial charge in [0.2, 0.25) is 11.7 Å². The molecule has 0 saturated carbocycles. The van der Waals surface area contributed by atoms with Crippen molar-refractivity contribution in [1.82, 2.24) is 10.1 Å². The Balaban J connectivity index is 1.99. The zero-order valence-corrected chi connectivity index (χ0v) is 12.8. The van der Waals surface area contributed by atoms with Gasteiger partial charge in [-0.2, -0.15) is 18.2 Å². The number of aryl methyl sites for hydroxylation is 2. The second kappa shape index (κ2) is 6.19. The molecule has 0 radical (unpaired) electrons. The van der Waals surface area contributed by atoms with E-state index in [9.17, 15) is 18.3 Å². The van der Waals surface area contributed by atoms with E-state index in [1.165, 1.54) is 0 Å². The maximum atomic E-state index is 12.5. The summed E-state index contributed by atoms with van der Waals surface area (Å²) < 4.78 is 42.7. The summed E-state index contributed by atoms with van der Waals surface area (Å²) in [6, 6.07) is 5.31. The van der Waals surface area contributed by atoms with Gasteiger partial charge in [-0.15, -0.1) is 0 Å². The standard InChI is InChI=1S/C15H18F3N3O2/c1-9-5-6-10(8-11(9)19)13-20-12(23-21-13)4-3-7-14(2,22)15(16,17)18/h5-6,8,22H,3-4,7,19H2,1-2H3/t14-/m1/s1. The average Bonchev–Trinajstić information content (AvgIpc) is 2.89. The van der Waals surface area contributed by atoms with Gasteiger partial charge in [-0.05, 0) is 38.3 Å². The second-order valence-corrected chi connectivity index (χ2v) is 5.71. The van der Waals surface area contributed by atoms with Gasteiger partial charge in [0.1, 0.15) is 0 Å². The first-order valence-corrected chi connectivity index (χ1v) is 7.08. The van der Waals surface area contributed by atoms with E-state index in [-0.39, 0.29) is 18.7 Å². The van der Waals surface area contributed by atoms with Crippen LogP contribution in [0.2, 0.25) is 0 Å². The van der Waals surface area contributed by atoms with Gasteiger partial charge in [0.25, 0.3) is 0 Å². The average molecular weight is 329 g/mol. The summed E-state index contributed by atoms with van der Waals surface area (Å²) in [5.74, 6) is 0.548. The minimum absolute atomic E-state index is 0.0736. The van der Waals surface area contributed by atoms with E-state index in [1.54, 1.807) is 12.1 Å². The largest absolute Gasteiger partial charge is 0.416 e. The van der Waals surface area contributed by atoms with Crippen molar-refractivity contribution in [1.29, 1.82) is 0 Å². The van der Waals surface area contributed by atoms with Crippen LogP contribution in [-0.2, 0) is 6.42 Å². The van der Waals surface area contributed by atoms with Gasteiger partial charge in [-0.3, -0.25) is 0 Å². The van der Waals surface area contributed by atoms with E-state index >= 15 is 0 Å². The number of anilines is 1. The molecule has 0 unspecified atom stereocenters. The Labute approximate surface area is 131 Å². The first-order chi connectivity index (χ1) is 10.6. The molecule has 0 aliphatic carbocycles. The topological polar surface area (TPSA) is 85.2 Å². The summed E-state index contributed by atoms with van der Waals surface area (Å²) in [5, 5.41) is 13.2.